The third-order valence-corrected chi connectivity index (χ3v) is 5.14. The zero-order valence-electron chi connectivity index (χ0n) is 18.7. The van der Waals surface area contributed by atoms with Crippen LogP contribution in [0, 0.1) is 0 Å². The van der Waals surface area contributed by atoms with E-state index in [9.17, 15) is 14.4 Å². The van der Waals surface area contributed by atoms with Crippen LogP contribution in [-0.2, 0) is 14.4 Å². The van der Waals surface area contributed by atoms with E-state index < -0.39 is 17.9 Å². The van der Waals surface area contributed by atoms with Crippen LogP contribution >= 0.6 is 0 Å². The summed E-state index contributed by atoms with van der Waals surface area (Å²) in [6.45, 7) is 2.55. The Morgan fingerprint density at radius 3 is 1.23 bits per heavy atom. The minimum Gasteiger partial charge on any atom is -0.480 e. The van der Waals surface area contributed by atoms with Crippen LogP contribution in [0.2, 0.25) is 0 Å². The van der Waals surface area contributed by atoms with Crippen molar-refractivity contribution in [3.8, 4) is 0 Å². The van der Waals surface area contributed by atoms with Crippen molar-refractivity contribution in [3.05, 3.63) is 0 Å². The number of hydrogen-bond acceptors (Lipinski definition) is 5. The molecule has 0 aromatic heterocycles. The first-order chi connectivity index (χ1) is 14.3. The average Bonchev–Trinajstić information content (AvgIpc) is 2.65. The summed E-state index contributed by atoms with van der Waals surface area (Å²) in [6, 6.07) is 0. The lowest BCUT2D eigenvalue weighted by molar-refractivity contribution is -0.143. The molecule has 0 rings (SSSR count). The summed E-state index contributed by atoms with van der Waals surface area (Å²) >= 11 is 0. The average molecular weight is 431 g/mol. The number of unbranched alkanes of at least 4 members (excludes halogenated alkanes) is 11. The molecule has 0 atom stereocenters. The number of carboxylic acid groups (broad SMARTS) is 3. The molecule has 176 valence electrons. The second kappa shape index (κ2) is 19.3. The Morgan fingerprint density at radius 2 is 0.833 bits per heavy atom. The molecule has 8 heteroatoms. The molecule has 0 radical (unpaired) electrons. The van der Waals surface area contributed by atoms with E-state index in [1.54, 1.807) is 4.90 Å². The van der Waals surface area contributed by atoms with E-state index >= 15 is 0 Å². The van der Waals surface area contributed by atoms with Gasteiger partial charge in [-0.2, -0.15) is 0 Å². The van der Waals surface area contributed by atoms with Gasteiger partial charge in [0.05, 0.1) is 19.6 Å². The Morgan fingerprint density at radius 1 is 0.500 bits per heavy atom. The van der Waals surface area contributed by atoms with Crippen molar-refractivity contribution in [2.75, 3.05) is 39.3 Å². The minimum absolute atomic E-state index is 0.119. The summed E-state index contributed by atoms with van der Waals surface area (Å²) in [5, 5.41) is 26.9. The Kier molecular flexibility index (Phi) is 18.2. The molecule has 0 saturated heterocycles. The van der Waals surface area contributed by atoms with Crippen LogP contribution < -0.4 is 0 Å². The van der Waals surface area contributed by atoms with Gasteiger partial charge in [-0.3, -0.25) is 24.2 Å². The lowest BCUT2D eigenvalue weighted by Gasteiger charge is -2.24. The van der Waals surface area contributed by atoms with Crippen LogP contribution in [0.4, 0.5) is 0 Å². The van der Waals surface area contributed by atoms with Crippen molar-refractivity contribution in [3.63, 3.8) is 0 Å². The second-order valence-corrected chi connectivity index (χ2v) is 8.06. The van der Waals surface area contributed by atoms with Gasteiger partial charge in [-0.1, -0.05) is 77.6 Å². The van der Waals surface area contributed by atoms with Crippen molar-refractivity contribution in [2.24, 2.45) is 0 Å². The Hall–Kier alpha value is -1.67. The van der Waals surface area contributed by atoms with Crippen molar-refractivity contribution in [1.29, 1.82) is 0 Å². The predicted molar refractivity (Wildman–Crippen MR) is 117 cm³/mol. The van der Waals surface area contributed by atoms with Gasteiger partial charge in [-0.15, -0.1) is 0 Å². The molecule has 0 fully saturated rings. The van der Waals surface area contributed by atoms with Crippen LogP contribution in [0.3, 0.4) is 0 Å². The number of aliphatic carboxylic acids is 3. The summed E-state index contributed by atoms with van der Waals surface area (Å²) in [5.41, 5.74) is 0. The van der Waals surface area contributed by atoms with Crippen LogP contribution in [-0.4, -0.2) is 82.3 Å². The van der Waals surface area contributed by atoms with Crippen molar-refractivity contribution in [1.82, 2.24) is 9.80 Å². The number of rotatable bonds is 22. The van der Waals surface area contributed by atoms with Gasteiger partial charge >= 0.3 is 17.9 Å². The SMILES string of the molecule is CCCCCCCCCCCCCCN(CCN(CC(=O)O)CC(=O)O)CC(=O)O. The molecule has 0 aliphatic rings. The van der Waals surface area contributed by atoms with Gasteiger partial charge in [-0.05, 0) is 13.0 Å². The molecule has 0 amide bonds. The molecule has 0 saturated carbocycles. The fourth-order valence-electron chi connectivity index (χ4n) is 3.52. The first-order valence-corrected chi connectivity index (χ1v) is 11.4. The quantitative estimate of drug-likeness (QED) is 0.223. The van der Waals surface area contributed by atoms with Crippen molar-refractivity contribution < 1.29 is 29.7 Å². The largest absolute Gasteiger partial charge is 0.480 e. The highest BCUT2D eigenvalue weighted by Gasteiger charge is 2.16. The maximum Gasteiger partial charge on any atom is 0.317 e. The van der Waals surface area contributed by atoms with Gasteiger partial charge in [0.2, 0.25) is 0 Å². The van der Waals surface area contributed by atoms with E-state index in [4.69, 9.17) is 15.3 Å². The molecule has 0 spiro atoms. The van der Waals surface area contributed by atoms with Crippen LogP contribution in [0.25, 0.3) is 0 Å². The van der Waals surface area contributed by atoms with Gasteiger partial charge in [-0.25, -0.2) is 0 Å². The molecule has 0 heterocycles. The first kappa shape index (κ1) is 28.3. The molecule has 0 aliphatic heterocycles. The number of carbonyl (C=O) groups is 3. The second-order valence-electron chi connectivity index (χ2n) is 8.06. The van der Waals surface area contributed by atoms with Gasteiger partial charge in [0.25, 0.3) is 0 Å². The molecule has 8 nitrogen and oxygen atoms in total. The third-order valence-electron chi connectivity index (χ3n) is 5.14. The van der Waals surface area contributed by atoms with Gasteiger partial charge in [0.15, 0.2) is 0 Å². The lowest BCUT2D eigenvalue weighted by Crippen LogP contribution is -2.42. The topological polar surface area (TPSA) is 118 Å². The molecule has 0 unspecified atom stereocenters. The summed E-state index contributed by atoms with van der Waals surface area (Å²) in [4.78, 5) is 35.9. The van der Waals surface area contributed by atoms with E-state index in [0.717, 1.165) is 19.3 Å². The Labute approximate surface area is 181 Å². The van der Waals surface area contributed by atoms with Crippen LogP contribution in [0.5, 0.6) is 0 Å². The third kappa shape index (κ3) is 19.6. The summed E-state index contributed by atoms with van der Waals surface area (Å²) in [5.74, 6) is -3.12. The lowest BCUT2D eigenvalue weighted by atomic mass is 10.1. The van der Waals surface area contributed by atoms with Crippen molar-refractivity contribution in [2.45, 2.75) is 84.0 Å². The Bertz CT molecular complexity index is 457. The zero-order chi connectivity index (χ0) is 22.6. The molecule has 0 aromatic carbocycles. The first-order valence-electron chi connectivity index (χ1n) is 11.4. The fraction of sp³-hybridized carbons (Fsp3) is 0.864. The normalized spacial score (nSPS) is 11.3. The minimum atomic E-state index is -1.10. The highest BCUT2D eigenvalue weighted by Crippen LogP contribution is 2.12. The zero-order valence-corrected chi connectivity index (χ0v) is 18.7. The standard InChI is InChI=1S/C22H42N2O6/c1-2-3-4-5-6-7-8-9-10-11-12-13-14-23(17-20(25)26)15-16-24(18-21(27)28)19-22(29)30/h2-19H2,1H3,(H,25,26)(H,27,28)(H,29,30). The fourth-order valence-corrected chi connectivity index (χ4v) is 3.52. The van der Waals surface area contributed by atoms with E-state index in [-0.39, 0.29) is 26.2 Å². The molecule has 30 heavy (non-hydrogen) atoms. The van der Waals surface area contributed by atoms with Crippen molar-refractivity contribution >= 4 is 17.9 Å². The molecular formula is C22H42N2O6. The summed E-state index contributed by atoms with van der Waals surface area (Å²) in [6.07, 6.45) is 14.8. The van der Waals surface area contributed by atoms with E-state index in [1.807, 2.05) is 0 Å². The predicted octanol–water partition coefficient (Wildman–Crippen LogP) is 3.55. The highest BCUT2D eigenvalue weighted by atomic mass is 16.4. The smallest absolute Gasteiger partial charge is 0.317 e. The summed E-state index contributed by atoms with van der Waals surface area (Å²) in [7, 11) is 0. The number of hydrogen-bond donors (Lipinski definition) is 3. The maximum atomic E-state index is 11.1. The number of carboxylic acids is 3. The number of nitrogens with zero attached hydrogens (tertiary/aromatic N) is 2. The van der Waals surface area contributed by atoms with Gasteiger partial charge < -0.3 is 15.3 Å². The highest BCUT2D eigenvalue weighted by molar-refractivity contribution is 5.72. The molecule has 3 N–H and O–H groups in total. The van der Waals surface area contributed by atoms with E-state index in [2.05, 4.69) is 6.92 Å². The van der Waals surface area contributed by atoms with E-state index in [0.29, 0.717) is 13.1 Å². The molecule has 0 aliphatic carbocycles. The van der Waals surface area contributed by atoms with Gasteiger partial charge in [0.1, 0.15) is 0 Å². The van der Waals surface area contributed by atoms with E-state index in [1.165, 1.54) is 62.7 Å². The Balaban J connectivity index is 3.97. The maximum absolute atomic E-state index is 11.1. The van der Waals surface area contributed by atoms with Gasteiger partial charge in [0, 0.05) is 13.1 Å². The molecule has 0 aromatic rings. The van der Waals surface area contributed by atoms with Crippen LogP contribution in [0.1, 0.15) is 84.0 Å². The molecular weight excluding hydrogens is 388 g/mol. The monoisotopic (exact) mass is 430 g/mol. The summed E-state index contributed by atoms with van der Waals surface area (Å²) < 4.78 is 0. The molecule has 0 bridgehead atoms. The van der Waals surface area contributed by atoms with Crippen LogP contribution in [0.15, 0.2) is 0 Å².